The van der Waals surface area contributed by atoms with E-state index in [1.807, 2.05) is 23.7 Å². The van der Waals surface area contributed by atoms with Gasteiger partial charge in [0.25, 0.3) is 0 Å². The van der Waals surface area contributed by atoms with Crippen molar-refractivity contribution in [2.24, 2.45) is 0 Å². The lowest BCUT2D eigenvalue weighted by atomic mass is 10.3. The van der Waals surface area contributed by atoms with Crippen LogP contribution >= 0.6 is 11.5 Å². The third-order valence-electron chi connectivity index (χ3n) is 2.37. The predicted molar refractivity (Wildman–Crippen MR) is 64.2 cm³/mol. The number of aryl methyl sites for hydroxylation is 1. The van der Waals surface area contributed by atoms with Gasteiger partial charge in [0, 0.05) is 18.0 Å². The molecule has 3 aromatic rings. The summed E-state index contributed by atoms with van der Waals surface area (Å²) < 4.78 is 5.98. The monoisotopic (exact) mass is 244 g/mol. The largest absolute Gasteiger partial charge is 0.306 e. The number of aromatic nitrogens is 4. The number of hydrogen-bond acceptors (Lipinski definition) is 5. The Balaban J connectivity index is 2.16. The van der Waals surface area contributed by atoms with Gasteiger partial charge >= 0.3 is 0 Å². The number of rotatable bonds is 2. The average Bonchev–Trinajstić information content (AvgIpc) is 2.93. The van der Waals surface area contributed by atoms with Crippen molar-refractivity contribution in [1.82, 2.24) is 18.7 Å². The smallest absolute Gasteiger partial charge is 0.163 e. The second kappa shape index (κ2) is 3.74. The fraction of sp³-hybridized carbons (Fsp3) is 0.0909. The van der Waals surface area contributed by atoms with E-state index in [1.54, 1.807) is 12.1 Å². The summed E-state index contributed by atoms with van der Waals surface area (Å²) >= 11 is 1.32. The minimum Gasteiger partial charge on any atom is -0.306 e. The molecule has 3 rings (SSSR count). The van der Waals surface area contributed by atoms with Gasteiger partial charge in [0.1, 0.15) is 23.5 Å². The van der Waals surface area contributed by atoms with Crippen LogP contribution in [0, 0.1) is 6.92 Å². The van der Waals surface area contributed by atoms with Crippen molar-refractivity contribution in [1.29, 1.82) is 0 Å². The number of aldehydes is 1. The van der Waals surface area contributed by atoms with E-state index in [2.05, 4.69) is 14.3 Å². The third kappa shape index (κ3) is 1.72. The van der Waals surface area contributed by atoms with E-state index in [4.69, 9.17) is 0 Å². The Bertz CT molecular complexity index is 700. The van der Waals surface area contributed by atoms with Crippen LogP contribution in [-0.2, 0) is 0 Å². The van der Waals surface area contributed by atoms with Gasteiger partial charge in [0.2, 0.25) is 0 Å². The first-order valence-corrected chi connectivity index (χ1v) is 5.78. The van der Waals surface area contributed by atoms with Crippen molar-refractivity contribution in [3.05, 3.63) is 35.9 Å². The Labute approximate surface area is 101 Å². The van der Waals surface area contributed by atoms with Crippen LogP contribution < -0.4 is 0 Å². The Morgan fingerprint density at radius 3 is 3.00 bits per heavy atom. The second-order valence-corrected chi connectivity index (χ2v) is 4.37. The SMILES string of the molecule is Cc1nsc(-c2cn3ccc(C=O)cc3n2)n1. The number of carbonyl (C=O) groups is 1. The first-order valence-electron chi connectivity index (χ1n) is 5.01. The van der Waals surface area contributed by atoms with E-state index in [1.165, 1.54) is 11.5 Å². The van der Waals surface area contributed by atoms with E-state index in [9.17, 15) is 4.79 Å². The fourth-order valence-corrected chi connectivity index (χ4v) is 2.20. The molecule has 0 aromatic carbocycles. The maximum atomic E-state index is 10.7. The highest BCUT2D eigenvalue weighted by Gasteiger charge is 2.08. The van der Waals surface area contributed by atoms with E-state index < -0.39 is 0 Å². The van der Waals surface area contributed by atoms with Crippen LogP contribution in [-0.4, -0.2) is 25.0 Å². The Kier molecular flexibility index (Phi) is 2.22. The lowest BCUT2D eigenvalue weighted by Crippen LogP contribution is -1.85. The average molecular weight is 244 g/mol. The molecule has 0 fully saturated rings. The molecule has 0 radical (unpaired) electrons. The van der Waals surface area contributed by atoms with Crippen LogP contribution in [0.15, 0.2) is 24.5 Å². The highest BCUT2D eigenvalue weighted by molar-refractivity contribution is 7.09. The molecule has 3 heterocycles. The maximum Gasteiger partial charge on any atom is 0.163 e. The van der Waals surface area contributed by atoms with Gasteiger partial charge in [-0.25, -0.2) is 9.97 Å². The molecule has 84 valence electrons. The lowest BCUT2D eigenvalue weighted by molar-refractivity contribution is 0.112. The topological polar surface area (TPSA) is 60.2 Å². The summed E-state index contributed by atoms with van der Waals surface area (Å²) in [7, 11) is 0. The van der Waals surface area contributed by atoms with E-state index >= 15 is 0 Å². The van der Waals surface area contributed by atoms with Crippen LogP contribution in [0.25, 0.3) is 16.3 Å². The number of carbonyl (C=O) groups excluding carboxylic acids is 1. The zero-order chi connectivity index (χ0) is 11.8. The van der Waals surface area contributed by atoms with Gasteiger partial charge in [0.05, 0.1) is 0 Å². The molecule has 0 bridgehead atoms. The highest BCUT2D eigenvalue weighted by Crippen LogP contribution is 2.21. The molecule has 6 heteroatoms. The Morgan fingerprint density at radius 1 is 1.41 bits per heavy atom. The molecule has 0 spiro atoms. The van der Waals surface area contributed by atoms with Crippen LogP contribution in [0.1, 0.15) is 16.2 Å². The summed E-state index contributed by atoms with van der Waals surface area (Å²) in [6.45, 7) is 1.85. The lowest BCUT2D eigenvalue weighted by Gasteiger charge is -1.91. The Morgan fingerprint density at radius 2 is 2.29 bits per heavy atom. The van der Waals surface area contributed by atoms with E-state index in [0.717, 1.165) is 28.5 Å². The quantitative estimate of drug-likeness (QED) is 0.647. The van der Waals surface area contributed by atoms with Gasteiger partial charge in [-0.2, -0.15) is 4.37 Å². The molecule has 0 N–H and O–H groups in total. The van der Waals surface area contributed by atoms with Gasteiger partial charge in [-0.05, 0) is 30.6 Å². The number of fused-ring (bicyclic) bond motifs is 1. The standard InChI is InChI=1S/C11H8N4OS/c1-7-12-11(17-14-7)9-5-15-3-2-8(6-16)4-10(15)13-9/h2-6H,1H3. The molecule has 0 aliphatic carbocycles. The minimum absolute atomic E-state index is 0.614. The molecule has 17 heavy (non-hydrogen) atoms. The molecule has 0 aliphatic heterocycles. The predicted octanol–water partition coefficient (Wildman–Crippen LogP) is 1.97. The second-order valence-electron chi connectivity index (χ2n) is 3.62. The number of hydrogen-bond donors (Lipinski definition) is 0. The summed E-state index contributed by atoms with van der Waals surface area (Å²) in [5.74, 6) is 0.746. The normalized spacial score (nSPS) is 10.9. The van der Waals surface area contributed by atoms with E-state index in [0.29, 0.717) is 5.56 Å². The van der Waals surface area contributed by atoms with Crippen LogP contribution in [0.2, 0.25) is 0 Å². The van der Waals surface area contributed by atoms with Crippen molar-refractivity contribution in [3.63, 3.8) is 0 Å². The fourth-order valence-electron chi connectivity index (χ4n) is 1.58. The number of nitrogens with zero attached hydrogens (tertiary/aromatic N) is 4. The first-order chi connectivity index (χ1) is 8.26. The van der Waals surface area contributed by atoms with Crippen LogP contribution in [0.3, 0.4) is 0 Å². The Hall–Kier alpha value is -2.08. The van der Waals surface area contributed by atoms with Crippen molar-refractivity contribution < 1.29 is 4.79 Å². The molecule has 5 nitrogen and oxygen atoms in total. The summed E-state index contributed by atoms with van der Waals surface area (Å²) in [5, 5.41) is 0.791. The zero-order valence-electron chi connectivity index (χ0n) is 8.99. The summed E-state index contributed by atoms with van der Waals surface area (Å²) in [6, 6.07) is 3.49. The molecule has 0 saturated carbocycles. The van der Waals surface area contributed by atoms with Crippen molar-refractivity contribution in [2.45, 2.75) is 6.92 Å². The minimum atomic E-state index is 0.614. The number of pyridine rings is 1. The van der Waals surface area contributed by atoms with Gasteiger partial charge in [-0.1, -0.05) is 0 Å². The molecular formula is C11H8N4OS. The molecule has 0 unspecified atom stereocenters. The summed E-state index contributed by atoms with van der Waals surface area (Å²) in [4.78, 5) is 19.4. The van der Waals surface area contributed by atoms with Crippen LogP contribution in [0.4, 0.5) is 0 Å². The van der Waals surface area contributed by atoms with Gasteiger partial charge in [-0.15, -0.1) is 0 Å². The molecule has 0 atom stereocenters. The van der Waals surface area contributed by atoms with E-state index in [-0.39, 0.29) is 0 Å². The molecular weight excluding hydrogens is 236 g/mol. The zero-order valence-corrected chi connectivity index (χ0v) is 9.81. The molecule has 0 aliphatic rings. The third-order valence-corrected chi connectivity index (χ3v) is 3.20. The van der Waals surface area contributed by atoms with Gasteiger partial charge < -0.3 is 4.40 Å². The number of imidazole rings is 1. The van der Waals surface area contributed by atoms with Gasteiger partial charge in [-0.3, -0.25) is 4.79 Å². The van der Waals surface area contributed by atoms with Crippen molar-refractivity contribution in [3.8, 4) is 10.7 Å². The molecule has 0 amide bonds. The van der Waals surface area contributed by atoms with Crippen LogP contribution in [0.5, 0.6) is 0 Å². The van der Waals surface area contributed by atoms with Gasteiger partial charge in [0.15, 0.2) is 5.01 Å². The van der Waals surface area contributed by atoms with Crippen molar-refractivity contribution >= 4 is 23.5 Å². The molecule has 3 aromatic heterocycles. The maximum absolute atomic E-state index is 10.7. The molecule has 0 saturated heterocycles. The summed E-state index contributed by atoms with van der Waals surface area (Å²) in [6.07, 6.45) is 4.50. The van der Waals surface area contributed by atoms with Crippen molar-refractivity contribution in [2.75, 3.05) is 0 Å². The summed E-state index contributed by atoms with van der Waals surface area (Å²) in [5.41, 5.74) is 2.12. The highest BCUT2D eigenvalue weighted by atomic mass is 32.1. The first kappa shape index (κ1) is 10.1.